The van der Waals surface area contributed by atoms with Crippen molar-refractivity contribution in [1.29, 1.82) is 0 Å². The van der Waals surface area contributed by atoms with Crippen LogP contribution in [0.1, 0.15) is 209 Å². The lowest BCUT2D eigenvalue weighted by Crippen LogP contribution is -2.61. The first-order chi connectivity index (χ1) is 31.2. The van der Waals surface area contributed by atoms with Gasteiger partial charge in [-0.2, -0.15) is 0 Å². The molecule has 6 aromatic rings. The Morgan fingerprint density at radius 3 is 1.56 bits per heavy atom. The van der Waals surface area contributed by atoms with Crippen LogP contribution in [0.5, 0.6) is 0 Å². The molecule has 2 aromatic heterocycles. The van der Waals surface area contributed by atoms with E-state index in [1.54, 1.807) is 0 Å². The van der Waals surface area contributed by atoms with Gasteiger partial charge in [-0.3, -0.25) is 4.90 Å². The maximum Gasteiger partial charge on any atom is 0.266 e. The summed E-state index contributed by atoms with van der Waals surface area (Å²) in [5.41, 5.74) is 20.2. The number of nitrogens with zero attached hydrogens (tertiary/aromatic N) is 3. The number of benzene rings is 4. The fourth-order valence-corrected chi connectivity index (χ4v) is 13.4. The quantitative estimate of drug-likeness (QED) is 0.161. The molecule has 0 radical (unpaired) electrons. The normalized spacial score (nSPS) is 19.0. The largest absolute Gasteiger partial charge is 0.310 e. The van der Waals surface area contributed by atoms with Gasteiger partial charge in [0.15, 0.2) is 0 Å². The van der Waals surface area contributed by atoms with Crippen LogP contribution in [0.25, 0.3) is 10.1 Å². The van der Waals surface area contributed by atoms with Crippen LogP contribution < -0.4 is 25.5 Å². The van der Waals surface area contributed by atoms with Gasteiger partial charge in [0.25, 0.3) is 6.71 Å². The number of rotatable bonds is 2. The minimum atomic E-state index is -0.220. The lowest BCUT2D eigenvalue weighted by molar-refractivity contribution is 0.332. The maximum absolute atomic E-state index is 6.01. The Balaban J connectivity index is 1.40. The van der Waals surface area contributed by atoms with Gasteiger partial charge < -0.3 is 4.90 Å². The Bertz CT molecular complexity index is 3040. The molecule has 68 heavy (non-hydrogen) atoms. The summed E-state index contributed by atoms with van der Waals surface area (Å²) in [5, 5.41) is 1.35. The molecule has 4 heterocycles. The average molecular weight is 922 g/mol. The fraction of sp³-hybridized carbons (Fsp3) is 0.508. The topological polar surface area (TPSA) is 19.4 Å². The van der Waals surface area contributed by atoms with Crippen LogP contribution >= 0.6 is 11.3 Å². The molecule has 0 unspecified atom stereocenters. The molecular weight excluding hydrogens is 842 g/mol. The van der Waals surface area contributed by atoms with E-state index in [0.717, 1.165) is 17.9 Å². The van der Waals surface area contributed by atoms with E-state index in [0.29, 0.717) is 0 Å². The third-order valence-corrected chi connectivity index (χ3v) is 18.3. The molecule has 3 nitrogen and oxygen atoms in total. The van der Waals surface area contributed by atoms with E-state index in [1.807, 2.05) is 11.3 Å². The first kappa shape index (κ1) is 47.3. The van der Waals surface area contributed by atoms with Crippen LogP contribution in [0.15, 0.2) is 72.8 Å². The zero-order valence-electron chi connectivity index (χ0n) is 45.6. The number of hydrogen-bond acceptors (Lipinski definition) is 4. The van der Waals surface area contributed by atoms with Gasteiger partial charge in [0.2, 0.25) is 0 Å². The van der Waals surface area contributed by atoms with Crippen molar-refractivity contribution in [2.45, 2.75) is 207 Å². The Morgan fingerprint density at radius 2 is 1.01 bits per heavy atom. The summed E-state index contributed by atoms with van der Waals surface area (Å²) in [5.74, 6) is 1.08. The Hall–Kier alpha value is -4.35. The van der Waals surface area contributed by atoms with Gasteiger partial charge in [-0.25, -0.2) is 4.98 Å². The standard InChI is InChI=1S/C63H80BN3S/c1-56(2,3)37-21-24-50-42(32-37)53-54(68-50)64-47-34-45-46(63(19,20)28-27-62(45,17)18)35-48(47)67(41-30-38(57(4,5)6)29-39(31-41)58(7,8)9)55-52(64)49(36-51(65-55)59(10,11)12)66(53)40-22-23-43-44(33-40)61(15,16)26-25-60(43,13)14/h21-24,29-36H,25-28H2,1-20H3. The third-order valence-electron chi connectivity index (χ3n) is 17.1. The summed E-state index contributed by atoms with van der Waals surface area (Å²) < 4.78 is 2.77. The van der Waals surface area contributed by atoms with Gasteiger partial charge in [-0.1, -0.05) is 163 Å². The second-order valence-corrected chi connectivity index (χ2v) is 29.5. The summed E-state index contributed by atoms with van der Waals surface area (Å²) in [6.07, 6.45) is 4.70. The average Bonchev–Trinajstić information content (AvgIpc) is 3.60. The summed E-state index contributed by atoms with van der Waals surface area (Å²) >= 11 is 2.02. The van der Waals surface area contributed by atoms with Crippen molar-refractivity contribution >= 4 is 78.1 Å². The highest BCUT2D eigenvalue weighted by Crippen LogP contribution is 2.54. The van der Waals surface area contributed by atoms with Crippen molar-refractivity contribution in [3.63, 3.8) is 0 Å². The predicted molar refractivity (Wildman–Crippen MR) is 299 cm³/mol. The molecule has 10 rings (SSSR count). The zero-order chi connectivity index (χ0) is 49.4. The number of thiophene rings is 1. The summed E-state index contributed by atoms with van der Waals surface area (Å²) in [7, 11) is 0. The first-order valence-corrected chi connectivity index (χ1v) is 26.7. The number of anilines is 6. The molecule has 0 N–H and O–H groups in total. The highest BCUT2D eigenvalue weighted by molar-refractivity contribution is 7.33. The molecule has 356 valence electrons. The second-order valence-electron chi connectivity index (χ2n) is 28.4. The van der Waals surface area contributed by atoms with Gasteiger partial charge in [0, 0.05) is 43.0 Å². The smallest absolute Gasteiger partial charge is 0.266 e. The molecule has 0 fully saturated rings. The molecule has 4 aromatic carbocycles. The van der Waals surface area contributed by atoms with Gasteiger partial charge in [0.05, 0.1) is 11.4 Å². The molecule has 0 atom stereocenters. The Morgan fingerprint density at radius 1 is 0.485 bits per heavy atom. The summed E-state index contributed by atoms with van der Waals surface area (Å²) in [6, 6.07) is 30.2. The van der Waals surface area contributed by atoms with Gasteiger partial charge >= 0.3 is 0 Å². The van der Waals surface area contributed by atoms with E-state index < -0.39 is 0 Å². The van der Waals surface area contributed by atoms with Crippen LogP contribution in [0.4, 0.5) is 34.3 Å². The van der Waals surface area contributed by atoms with E-state index >= 15 is 0 Å². The Kier molecular flexibility index (Phi) is 10.2. The van der Waals surface area contributed by atoms with Crippen molar-refractivity contribution in [3.8, 4) is 0 Å². The van der Waals surface area contributed by atoms with E-state index in [9.17, 15) is 0 Å². The van der Waals surface area contributed by atoms with Crippen LogP contribution in [-0.4, -0.2) is 11.7 Å². The highest BCUT2D eigenvalue weighted by atomic mass is 32.1. The van der Waals surface area contributed by atoms with Crippen molar-refractivity contribution in [3.05, 3.63) is 117 Å². The van der Waals surface area contributed by atoms with Gasteiger partial charge in [-0.05, 0) is 162 Å². The molecular formula is C63H80BN3S. The molecule has 2 aliphatic heterocycles. The molecule has 0 saturated heterocycles. The number of pyridine rings is 1. The van der Waals surface area contributed by atoms with Crippen LogP contribution in [0, 0.1) is 0 Å². The van der Waals surface area contributed by atoms with E-state index in [2.05, 4.69) is 221 Å². The summed E-state index contributed by atoms with van der Waals surface area (Å²) in [4.78, 5) is 11.4. The first-order valence-electron chi connectivity index (χ1n) is 25.9. The SMILES string of the molecule is CC(C)(C)c1cc(N2c3cc4c(cc3B3c5sc6ccc(C(C)(C)C)cc6c5N(c5ccc6c(c5)C(C)(C)CCC6(C)C)c5cc(C(C)(C)C)nc2c53)C(C)(C)CCC4(C)C)cc(C(C)(C)C)c1. The molecule has 0 bridgehead atoms. The number of aromatic nitrogens is 1. The van der Waals surface area contributed by atoms with Crippen LogP contribution in [0.3, 0.4) is 0 Å². The third kappa shape index (κ3) is 7.35. The zero-order valence-corrected chi connectivity index (χ0v) is 46.4. The lowest BCUT2D eigenvalue weighted by Gasteiger charge is -2.47. The highest BCUT2D eigenvalue weighted by Gasteiger charge is 2.50. The van der Waals surface area contributed by atoms with E-state index in [-0.39, 0.29) is 50.0 Å². The minimum absolute atomic E-state index is 0.00121. The molecule has 5 heteroatoms. The van der Waals surface area contributed by atoms with Crippen molar-refractivity contribution < 1.29 is 0 Å². The number of fused-ring (bicyclic) bond motifs is 8. The molecule has 2 aliphatic carbocycles. The molecule has 0 spiro atoms. The van der Waals surface area contributed by atoms with E-state index in [1.165, 1.54) is 112 Å². The maximum atomic E-state index is 6.01. The summed E-state index contributed by atoms with van der Waals surface area (Å²) in [6.45, 7) is 48.1. The Labute approximate surface area is 415 Å². The fourth-order valence-electron chi connectivity index (χ4n) is 12.1. The van der Waals surface area contributed by atoms with Crippen molar-refractivity contribution in [2.75, 3.05) is 9.80 Å². The van der Waals surface area contributed by atoms with Crippen molar-refractivity contribution in [2.24, 2.45) is 0 Å². The molecule has 0 amide bonds. The second kappa shape index (κ2) is 14.6. The minimum Gasteiger partial charge on any atom is -0.310 e. The van der Waals surface area contributed by atoms with Crippen molar-refractivity contribution in [1.82, 2.24) is 4.98 Å². The van der Waals surface area contributed by atoms with Crippen LogP contribution in [-0.2, 0) is 43.3 Å². The predicted octanol–water partition coefficient (Wildman–Crippen LogP) is 16.3. The molecule has 4 aliphatic rings. The monoisotopic (exact) mass is 922 g/mol. The van der Waals surface area contributed by atoms with E-state index in [4.69, 9.17) is 4.98 Å². The van der Waals surface area contributed by atoms with Gasteiger partial charge in [-0.15, -0.1) is 11.3 Å². The molecule has 0 saturated carbocycles. The number of hydrogen-bond donors (Lipinski definition) is 0. The van der Waals surface area contributed by atoms with Crippen LogP contribution in [0.2, 0.25) is 0 Å². The van der Waals surface area contributed by atoms with Gasteiger partial charge in [0.1, 0.15) is 5.82 Å². The lowest BCUT2D eigenvalue weighted by atomic mass is 9.36.